The van der Waals surface area contributed by atoms with Gasteiger partial charge in [-0.05, 0) is 36.8 Å². The molecule has 0 bridgehead atoms. The number of nitrogens with zero attached hydrogens (tertiary/aromatic N) is 1. The molecule has 1 aromatic carbocycles. The van der Waals surface area contributed by atoms with E-state index in [0.29, 0.717) is 5.56 Å². The predicted octanol–water partition coefficient (Wildman–Crippen LogP) is 3.00. The smallest absolute Gasteiger partial charge is 0.207 e. The Morgan fingerprint density at radius 3 is 2.75 bits per heavy atom. The Bertz CT molecular complexity index is 601. The Balaban J connectivity index is 2.45. The SMILES string of the molecule is Cc1c(F)cc(CCl)cc1S(=O)(=O)N(C)C1CCSC1. The van der Waals surface area contributed by atoms with Crippen LogP contribution in [0.2, 0.25) is 0 Å². The third-order valence-electron chi connectivity index (χ3n) is 3.59. The van der Waals surface area contributed by atoms with E-state index in [4.69, 9.17) is 11.6 Å². The van der Waals surface area contributed by atoms with Crippen molar-refractivity contribution in [1.82, 2.24) is 4.31 Å². The minimum absolute atomic E-state index is 0.0209. The molecule has 0 spiro atoms. The lowest BCUT2D eigenvalue weighted by Gasteiger charge is -2.24. The van der Waals surface area contributed by atoms with Gasteiger partial charge in [-0.2, -0.15) is 16.1 Å². The van der Waals surface area contributed by atoms with Crippen LogP contribution in [0.15, 0.2) is 17.0 Å². The van der Waals surface area contributed by atoms with Gasteiger partial charge in [-0.1, -0.05) is 0 Å². The van der Waals surface area contributed by atoms with E-state index >= 15 is 0 Å². The molecule has 1 aliphatic heterocycles. The van der Waals surface area contributed by atoms with E-state index in [1.165, 1.54) is 23.4 Å². The van der Waals surface area contributed by atoms with Crippen LogP contribution in [0.4, 0.5) is 4.39 Å². The lowest BCUT2D eigenvalue weighted by molar-refractivity contribution is 0.394. The van der Waals surface area contributed by atoms with E-state index in [9.17, 15) is 12.8 Å². The fourth-order valence-electron chi connectivity index (χ4n) is 2.21. The molecule has 0 aromatic heterocycles. The average molecular weight is 338 g/mol. The van der Waals surface area contributed by atoms with Gasteiger partial charge in [-0.3, -0.25) is 0 Å². The van der Waals surface area contributed by atoms with Gasteiger partial charge in [0.2, 0.25) is 10.0 Å². The molecule has 0 N–H and O–H groups in total. The molecular formula is C13H17ClFNO2S2. The summed E-state index contributed by atoms with van der Waals surface area (Å²) in [6.45, 7) is 1.48. The van der Waals surface area contributed by atoms with Crippen molar-refractivity contribution in [2.24, 2.45) is 0 Å². The second-order valence-corrected chi connectivity index (χ2v) is 8.26. The van der Waals surface area contributed by atoms with Crippen molar-refractivity contribution in [2.75, 3.05) is 18.6 Å². The first kappa shape index (κ1) is 16.1. The second kappa shape index (κ2) is 6.22. The Kier molecular flexibility index (Phi) is 5.00. The highest BCUT2D eigenvalue weighted by atomic mass is 35.5. The molecule has 7 heteroatoms. The number of thioether (sulfide) groups is 1. The fraction of sp³-hybridized carbons (Fsp3) is 0.538. The monoisotopic (exact) mass is 337 g/mol. The number of hydrogen-bond acceptors (Lipinski definition) is 3. The highest BCUT2D eigenvalue weighted by molar-refractivity contribution is 7.99. The van der Waals surface area contributed by atoms with Gasteiger partial charge in [-0.25, -0.2) is 12.8 Å². The van der Waals surface area contributed by atoms with Crippen LogP contribution in [-0.2, 0) is 15.9 Å². The van der Waals surface area contributed by atoms with Crippen LogP contribution >= 0.6 is 23.4 Å². The van der Waals surface area contributed by atoms with Crippen LogP contribution in [0.25, 0.3) is 0 Å². The van der Waals surface area contributed by atoms with Gasteiger partial charge in [-0.15, -0.1) is 11.6 Å². The molecule has 20 heavy (non-hydrogen) atoms. The molecule has 1 aliphatic rings. The quantitative estimate of drug-likeness (QED) is 0.793. The molecule has 0 amide bonds. The van der Waals surface area contributed by atoms with E-state index in [1.54, 1.807) is 18.8 Å². The molecule has 0 radical (unpaired) electrons. The molecule has 1 fully saturated rings. The average Bonchev–Trinajstić information content (AvgIpc) is 2.94. The van der Waals surface area contributed by atoms with E-state index in [1.807, 2.05) is 0 Å². The Hall–Kier alpha value is -0.300. The predicted molar refractivity (Wildman–Crippen MR) is 81.4 cm³/mol. The first-order valence-corrected chi connectivity index (χ1v) is 9.41. The summed E-state index contributed by atoms with van der Waals surface area (Å²) in [7, 11) is -2.12. The van der Waals surface area contributed by atoms with Crippen molar-refractivity contribution in [3.8, 4) is 0 Å². The van der Waals surface area contributed by atoms with Gasteiger partial charge in [0.25, 0.3) is 0 Å². The summed E-state index contributed by atoms with van der Waals surface area (Å²) in [5.41, 5.74) is 0.624. The van der Waals surface area contributed by atoms with Crippen molar-refractivity contribution in [3.05, 3.63) is 29.1 Å². The van der Waals surface area contributed by atoms with Crippen LogP contribution in [0.5, 0.6) is 0 Å². The highest BCUT2D eigenvalue weighted by Gasteiger charge is 2.32. The zero-order chi connectivity index (χ0) is 14.9. The molecule has 1 aromatic rings. The second-order valence-electron chi connectivity index (χ2n) is 4.87. The van der Waals surface area contributed by atoms with Crippen molar-refractivity contribution in [3.63, 3.8) is 0 Å². The molecule has 1 atom stereocenters. The van der Waals surface area contributed by atoms with E-state index in [2.05, 4.69) is 0 Å². The van der Waals surface area contributed by atoms with Crippen molar-refractivity contribution < 1.29 is 12.8 Å². The summed E-state index contributed by atoms with van der Waals surface area (Å²) in [6.07, 6.45) is 0.830. The molecule has 112 valence electrons. The highest BCUT2D eigenvalue weighted by Crippen LogP contribution is 2.29. The van der Waals surface area contributed by atoms with E-state index < -0.39 is 15.8 Å². The molecule has 3 nitrogen and oxygen atoms in total. The van der Waals surface area contributed by atoms with Gasteiger partial charge in [0.05, 0.1) is 4.90 Å². The van der Waals surface area contributed by atoms with Crippen LogP contribution < -0.4 is 0 Å². The first-order valence-electron chi connectivity index (χ1n) is 6.28. The molecule has 0 saturated carbocycles. The largest absolute Gasteiger partial charge is 0.243 e. The van der Waals surface area contributed by atoms with Crippen LogP contribution in [0.1, 0.15) is 17.5 Å². The van der Waals surface area contributed by atoms with Gasteiger partial charge in [0.15, 0.2) is 0 Å². The maximum Gasteiger partial charge on any atom is 0.243 e. The molecule has 2 rings (SSSR count). The van der Waals surface area contributed by atoms with Crippen molar-refractivity contribution in [2.45, 2.75) is 30.2 Å². The Morgan fingerprint density at radius 2 is 2.20 bits per heavy atom. The molecular weight excluding hydrogens is 321 g/mol. The van der Waals surface area contributed by atoms with E-state index in [-0.39, 0.29) is 22.4 Å². The summed E-state index contributed by atoms with van der Waals surface area (Å²) in [5, 5.41) is 0. The van der Waals surface area contributed by atoms with Gasteiger partial charge in [0.1, 0.15) is 5.82 Å². The summed E-state index contributed by atoms with van der Waals surface area (Å²) in [5.74, 6) is 1.30. The topological polar surface area (TPSA) is 37.4 Å². The number of sulfonamides is 1. The minimum Gasteiger partial charge on any atom is -0.207 e. The number of alkyl halides is 1. The number of rotatable bonds is 4. The molecule has 1 saturated heterocycles. The zero-order valence-corrected chi connectivity index (χ0v) is 13.8. The standard InChI is InChI=1S/C13H17ClFNO2S2/c1-9-12(15)5-10(7-14)6-13(9)20(17,18)16(2)11-3-4-19-8-11/h5-6,11H,3-4,7-8H2,1-2H3. The van der Waals surface area contributed by atoms with Gasteiger partial charge >= 0.3 is 0 Å². The third-order valence-corrected chi connectivity index (χ3v) is 7.08. The maximum atomic E-state index is 13.9. The summed E-state index contributed by atoms with van der Waals surface area (Å²) in [4.78, 5) is 0.0209. The Morgan fingerprint density at radius 1 is 1.50 bits per heavy atom. The van der Waals surface area contributed by atoms with Crippen LogP contribution in [-0.4, -0.2) is 37.3 Å². The summed E-state index contributed by atoms with van der Waals surface area (Å²) < 4.78 is 40.6. The van der Waals surface area contributed by atoms with Crippen molar-refractivity contribution in [1.29, 1.82) is 0 Å². The molecule has 0 aliphatic carbocycles. The van der Waals surface area contributed by atoms with E-state index in [0.717, 1.165) is 17.9 Å². The van der Waals surface area contributed by atoms with Crippen LogP contribution in [0.3, 0.4) is 0 Å². The summed E-state index contributed by atoms with van der Waals surface area (Å²) >= 11 is 7.44. The normalized spacial score (nSPS) is 19.8. The molecule has 1 heterocycles. The van der Waals surface area contributed by atoms with Crippen molar-refractivity contribution >= 4 is 33.4 Å². The van der Waals surface area contributed by atoms with Gasteiger partial charge < -0.3 is 0 Å². The van der Waals surface area contributed by atoms with Gasteiger partial charge in [0, 0.05) is 30.3 Å². The fourth-order valence-corrected chi connectivity index (χ4v) is 5.40. The third kappa shape index (κ3) is 2.98. The number of hydrogen-bond donors (Lipinski definition) is 0. The molecule has 1 unspecified atom stereocenters. The minimum atomic E-state index is -3.69. The number of halogens is 2. The lowest BCUT2D eigenvalue weighted by Crippen LogP contribution is -2.37. The number of benzene rings is 1. The summed E-state index contributed by atoms with van der Waals surface area (Å²) in [6, 6.07) is 2.73. The lowest BCUT2D eigenvalue weighted by atomic mass is 10.1. The van der Waals surface area contributed by atoms with Crippen LogP contribution in [0, 0.1) is 12.7 Å². The Labute approximate surface area is 128 Å². The zero-order valence-electron chi connectivity index (χ0n) is 11.4. The first-order chi connectivity index (χ1) is 9.37. The maximum absolute atomic E-state index is 13.9.